The van der Waals surface area contributed by atoms with Gasteiger partial charge in [0.15, 0.2) is 0 Å². The van der Waals surface area contributed by atoms with E-state index < -0.39 is 29.2 Å². The third kappa shape index (κ3) is 2.29. The lowest BCUT2D eigenvalue weighted by atomic mass is 10.0. The number of halogens is 5. The fourth-order valence-corrected chi connectivity index (χ4v) is 1.10. The van der Waals surface area contributed by atoms with Gasteiger partial charge in [0.05, 0.1) is 5.56 Å². The molecule has 3 N–H and O–H groups in total. The fraction of sp³-hybridized carbons (Fsp3) is 0.222. The number of rotatable bonds is 2. The van der Waals surface area contributed by atoms with Crippen molar-refractivity contribution >= 4 is 11.7 Å². The first-order valence-corrected chi connectivity index (χ1v) is 4.15. The van der Waals surface area contributed by atoms with Crippen LogP contribution in [0, 0.1) is 0 Å². The summed E-state index contributed by atoms with van der Waals surface area (Å²) in [5.74, 6) is -6.80. The molecule has 3 nitrogen and oxygen atoms in total. The van der Waals surface area contributed by atoms with Gasteiger partial charge in [-0.2, -0.15) is 22.0 Å². The van der Waals surface area contributed by atoms with Gasteiger partial charge in [0.25, 0.3) is 0 Å². The number of nitrogen functional groups attached to an aromatic ring is 1. The van der Waals surface area contributed by atoms with E-state index >= 15 is 0 Å². The number of hydrogen-bond donors (Lipinski definition) is 2. The number of carboxylic acids is 1. The molecule has 8 heteroatoms. The van der Waals surface area contributed by atoms with Gasteiger partial charge in [0.2, 0.25) is 0 Å². The molecule has 17 heavy (non-hydrogen) atoms. The van der Waals surface area contributed by atoms with Gasteiger partial charge in [-0.3, -0.25) is 0 Å². The lowest BCUT2D eigenvalue weighted by Crippen LogP contribution is -2.33. The maximum Gasteiger partial charge on any atom is 0.458 e. The van der Waals surface area contributed by atoms with Crippen molar-refractivity contribution in [3.8, 4) is 0 Å². The summed E-state index contributed by atoms with van der Waals surface area (Å²) in [5, 5.41) is 8.55. The predicted molar refractivity (Wildman–Crippen MR) is 47.8 cm³/mol. The molecule has 0 amide bonds. The van der Waals surface area contributed by atoms with Crippen molar-refractivity contribution < 1.29 is 31.9 Å². The Morgan fingerprint density at radius 2 is 1.71 bits per heavy atom. The van der Waals surface area contributed by atoms with E-state index in [-0.39, 0.29) is 11.8 Å². The minimum absolute atomic E-state index is 0.213. The van der Waals surface area contributed by atoms with Gasteiger partial charge in [-0.1, -0.05) is 6.07 Å². The highest BCUT2D eigenvalue weighted by atomic mass is 19.4. The average molecular weight is 255 g/mol. The largest absolute Gasteiger partial charge is 0.478 e. The second-order valence-electron chi connectivity index (χ2n) is 3.18. The Bertz CT molecular complexity index is 455. The number of nitrogens with two attached hydrogens (primary N) is 1. The molecule has 1 aromatic carbocycles. The third-order valence-corrected chi connectivity index (χ3v) is 2.00. The number of carboxylic acid groups (broad SMARTS) is 1. The molecule has 0 unspecified atom stereocenters. The maximum atomic E-state index is 12.9. The van der Waals surface area contributed by atoms with E-state index in [2.05, 4.69) is 0 Å². The van der Waals surface area contributed by atoms with Gasteiger partial charge < -0.3 is 10.8 Å². The molecule has 0 bridgehead atoms. The van der Waals surface area contributed by atoms with Crippen LogP contribution in [0.5, 0.6) is 0 Å². The molecule has 94 valence electrons. The third-order valence-electron chi connectivity index (χ3n) is 2.00. The summed E-state index contributed by atoms with van der Waals surface area (Å²) in [6.45, 7) is 0. The smallest absolute Gasteiger partial charge is 0.458 e. The molecule has 0 spiro atoms. The molecule has 0 aliphatic carbocycles. The van der Waals surface area contributed by atoms with Crippen LogP contribution in [-0.4, -0.2) is 17.3 Å². The summed E-state index contributed by atoms with van der Waals surface area (Å²) in [7, 11) is 0. The minimum atomic E-state index is -5.79. The van der Waals surface area contributed by atoms with Crippen molar-refractivity contribution in [2.75, 3.05) is 5.73 Å². The summed E-state index contributed by atoms with van der Waals surface area (Å²) in [6.07, 6.45) is -5.79. The normalized spacial score (nSPS) is 12.5. The minimum Gasteiger partial charge on any atom is -0.478 e. The number of aromatic carboxylic acids is 1. The van der Waals surface area contributed by atoms with Crippen molar-refractivity contribution in [1.29, 1.82) is 0 Å². The standard InChI is InChI=1S/C9H6F5NO2/c10-8(11,9(12,13)14)4-1-2-6(15)5(3-4)7(16)17/h1-3H,15H2,(H,16,17). The molecule has 0 heterocycles. The van der Waals surface area contributed by atoms with Crippen molar-refractivity contribution in [3.63, 3.8) is 0 Å². The lowest BCUT2D eigenvalue weighted by molar-refractivity contribution is -0.289. The fourth-order valence-electron chi connectivity index (χ4n) is 1.10. The molecule has 0 radical (unpaired) electrons. The lowest BCUT2D eigenvalue weighted by Gasteiger charge is -2.20. The number of anilines is 1. The van der Waals surface area contributed by atoms with Crippen molar-refractivity contribution in [3.05, 3.63) is 29.3 Å². The molecule has 0 fully saturated rings. The first-order chi connectivity index (χ1) is 7.57. The Morgan fingerprint density at radius 3 is 2.12 bits per heavy atom. The van der Waals surface area contributed by atoms with Crippen molar-refractivity contribution in [2.24, 2.45) is 0 Å². The molecule has 0 aliphatic rings. The molecular formula is C9H6F5NO2. The highest BCUT2D eigenvalue weighted by molar-refractivity contribution is 5.93. The van der Waals surface area contributed by atoms with E-state index in [4.69, 9.17) is 10.8 Å². The van der Waals surface area contributed by atoms with Crippen LogP contribution in [0.25, 0.3) is 0 Å². The summed E-state index contributed by atoms with van der Waals surface area (Å²) in [6, 6.07) is 1.35. The number of hydrogen-bond acceptors (Lipinski definition) is 2. The Morgan fingerprint density at radius 1 is 1.18 bits per heavy atom. The van der Waals surface area contributed by atoms with E-state index in [0.29, 0.717) is 12.1 Å². The van der Waals surface area contributed by atoms with E-state index in [1.807, 2.05) is 0 Å². The van der Waals surface area contributed by atoms with Crippen LogP contribution in [0.1, 0.15) is 15.9 Å². The number of alkyl halides is 5. The van der Waals surface area contributed by atoms with E-state index in [1.54, 1.807) is 0 Å². The first kappa shape index (κ1) is 13.2. The molecule has 1 aromatic rings. The summed E-state index contributed by atoms with van der Waals surface area (Å²) >= 11 is 0. The summed E-state index contributed by atoms with van der Waals surface area (Å²) in [5.41, 5.74) is 2.49. The monoisotopic (exact) mass is 255 g/mol. The Labute approximate surface area is 91.6 Å². The highest BCUT2D eigenvalue weighted by Crippen LogP contribution is 2.44. The zero-order valence-electron chi connectivity index (χ0n) is 8.05. The zero-order chi connectivity index (χ0) is 13.4. The van der Waals surface area contributed by atoms with Gasteiger partial charge in [-0.05, 0) is 12.1 Å². The molecule has 0 aliphatic heterocycles. The van der Waals surface area contributed by atoms with E-state index in [1.165, 1.54) is 0 Å². The molecule has 0 aromatic heterocycles. The Kier molecular flexibility index (Phi) is 3.00. The van der Waals surface area contributed by atoms with Crippen LogP contribution >= 0.6 is 0 Å². The first-order valence-electron chi connectivity index (χ1n) is 4.15. The SMILES string of the molecule is Nc1ccc(C(F)(F)C(F)(F)F)cc1C(=O)O. The zero-order valence-corrected chi connectivity index (χ0v) is 8.05. The summed E-state index contributed by atoms with van der Waals surface area (Å²) in [4.78, 5) is 10.5. The van der Waals surface area contributed by atoms with Gasteiger partial charge >= 0.3 is 18.1 Å². The van der Waals surface area contributed by atoms with Crippen LogP contribution in [-0.2, 0) is 5.92 Å². The second kappa shape index (κ2) is 3.86. The maximum absolute atomic E-state index is 12.9. The van der Waals surface area contributed by atoms with Crippen LogP contribution in [0.3, 0.4) is 0 Å². The average Bonchev–Trinajstić information content (AvgIpc) is 2.15. The Balaban J connectivity index is 3.35. The number of benzene rings is 1. The van der Waals surface area contributed by atoms with Gasteiger partial charge in [-0.15, -0.1) is 0 Å². The molecular weight excluding hydrogens is 249 g/mol. The van der Waals surface area contributed by atoms with Crippen LogP contribution in [0.15, 0.2) is 18.2 Å². The van der Waals surface area contributed by atoms with Crippen LogP contribution < -0.4 is 5.73 Å². The molecule has 0 atom stereocenters. The van der Waals surface area contributed by atoms with Crippen molar-refractivity contribution in [1.82, 2.24) is 0 Å². The predicted octanol–water partition coefficient (Wildman–Crippen LogP) is 2.62. The van der Waals surface area contributed by atoms with Crippen LogP contribution in [0.2, 0.25) is 0 Å². The quantitative estimate of drug-likeness (QED) is 0.630. The van der Waals surface area contributed by atoms with E-state index in [0.717, 1.165) is 0 Å². The topological polar surface area (TPSA) is 63.3 Å². The van der Waals surface area contributed by atoms with E-state index in [9.17, 15) is 26.7 Å². The molecule has 0 saturated heterocycles. The van der Waals surface area contributed by atoms with Gasteiger partial charge in [-0.25, -0.2) is 4.79 Å². The summed E-state index contributed by atoms with van der Waals surface area (Å²) < 4.78 is 61.8. The highest BCUT2D eigenvalue weighted by Gasteiger charge is 2.58. The second-order valence-corrected chi connectivity index (χ2v) is 3.18. The van der Waals surface area contributed by atoms with Gasteiger partial charge in [0.1, 0.15) is 0 Å². The molecule has 1 rings (SSSR count). The number of carbonyl (C=O) groups is 1. The Hall–Kier alpha value is -1.86. The van der Waals surface area contributed by atoms with Crippen molar-refractivity contribution in [2.45, 2.75) is 12.1 Å². The molecule has 0 saturated carbocycles. The van der Waals surface area contributed by atoms with Gasteiger partial charge in [0, 0.05) is 11.3 Å². The van der Waals surface area contributed by atoms with Crippen LogP contribution in [0.4, 0.5) is 27.6 Å².